The van der Waals surface area contributed by atoms with Crippen LogP contribution in [0.15, 0.2) is 12.4 Å². The van der Waals surface area contributed by atoms with Crippen LogP contribution in [0.1, 0.15) is 13.8 Å². The van der Waals surface area contributed by atoms with Crippen molar-refractivity contribution in [1.82, 2.24) is 24.6 Å². The lowest BCUT2D eigenvalue weighted by molar-refractivity contribution is -0.147. The highest BCUT2D eigenvalue weighted by Crippen LogP contribution is 2.25. The Balaban J connectivity index is 1.74. The van der Waals surface area contributed by atoms with Gasteiger partial charge in [0.1, 0.15) is 11.3 Å². The maximum atomic E-state index is 12.5. The highest BCUT2D eigenvalue weighted by atomic mass is 16.2. The van der Waals surface area contributed by atoms with E-state index < -0.39 is 11.8 Å². The Hall–Kier alpha value is -3.17. The third-order valence-electron chi connectivity index (χ3n) is 4.57. The van der Waals surface area contributed by atoms with Crippen LogP contribution in [0.25, 0.3) is 10.9 Å². The van der Waals surface area contributed by atoms with Gasteiger partial charge in [-0.2, -0.15) is 5.10 Å². The molecule has 0 aromatic carbocycles. The normalized spacial score (nSPS) is 17.4. The fraction of sp³-hybridized carbons (Fsp3) is 0.438. The summed E-state index contributed by atoms with van der Waals surface area (Å²) >= 11 is 0. The van der Waals surface area contributed by atoms with Crippen LogP contribution < -0.4 is 11.1 Å². The minimum absolute atomic E-state index is 0.0408. The number of rotatable bonds is 1. The van der Waals surface area contributed by atoms with Crippen molar-refractivity contribution in [2.75, 3.05) is 30.7 Å². The first kappa shape index (κ1) is 17.6. The number of nitrogens with zero attached hydrogens (tertiary/aromatic N) is 5. The molecule has 10 heteroatoms. The van der Waals surface area contributed by atoms with Gasteiger partial charge in [0.25, 0.3) is 0 Å². The van der Waals surface area contributed by atoms with E-state index in [1.54, 1.807) is 22.8 Å². The first-order valence-corrected chi connectivity index (χ1v) is 8.23. The summed E-state index contributed by atoms with van der Waals surface area (Å²) < 4.78 is 1.55. The molecule has 1 atom stereocenters. The van der Waals surface area contributed by atoms with Gasteiger partial charge in [-0.05, 0) is 6.92 Å². The zero-order valence-corrected chi connectivity index (χ0v) is 14.9. The van der Waals surface area contributed by atoms with Crippen molar-refractivity contribution >= 4 is 40.1 Å². The molecule has 26 heavy (non-hydrogen) atoms. The van der Waals surface area contributed by atoms with Gasteiger partial charge < -0.3 is 20.9 Å². The molecule has 0 spiro atoms. The molecule has 0 aliphatic carbocycles. The highest BCUT2D eigenvalue weighted by Gasteiger charge is 2.31. The van der Waals surface area contributed by atoms with Gasteiger partial charge in [0, 0.05) is 45.0 Å². The quantitative estimate of drug-likeness (QED) is 0.665. The third-order valence-corrected chi connectivity index (χ3v) is 4.57. The van der Waals surface area contributed by atoms with Gasteiger partial charge in [-0.1, -0.05) is 0 Å². The zero-order valence-electron chi connectivity index (χ0n) is 14.9. The largest absolute Gasteiger partial charge is 0.382 e. The fourth-order valence-electron chi connectivity index (χ4n) is 3.23. The number of carbonyl (C=O) groups excluding carboxylic acids is 3. The number of hydrogen-bond acceptors (Lipinski definition) is 6. The summed E-state index contributed by atoms with van der Waals surface area (Å²) in [5.74, 6) is -1.15. The number of aromatic nitrogens is 3. The van der Waals surface area contributed by atoms with Crippen molar-refractivity contribution < 1.29 is 14.4 Å². The van der Waals surface area contributed by atoms with Gasteiger partial charge >= 0.3 is 11.8 Å². The van der Waals surface area contributed by atoms with Crippen LogP contribution in [0.3, 0.4) is 0 Å². The molecule has 1 unspecified atom stereocenters. The summed E-state index contributed by atoms with van der Waals surface area (Å²) in [5, 5.41) is 7.30. The van der Waals surface area contributed by atoms with Crippen LogP contribution in [0, 0.1) is 0 Å². The molecular weight excluding hydrogens is 338 g/mol. The number of hydrogen-bond donors (Lipinski definition) is 2. The Morgan fingerprint density at radius 3 is 2.65 bits per heavy atom. The van der Waals surface area contributed by atoms with Crippen molar-refractivity contribution in [1.29, 1.82) is 0 Å². The number of aryl methyl sites for hydroxylation is 1. The van der Waals surface area contributed by atoms with E-state index in [9.17, 15) is 14.4 Å². The summed E-state index contributed by atoms with van der Waals surface area (Å²) in [4.78, 5) is 43.6. The first-order chi connectivity index (χ1) is 12.3. The highest BCUT2D eigenvalue weighted by molar-refractivity contribution is 6.40. The van der Waals surface area contributed by atoms with Gasteiger partial charge in [-0.15, -0.1) is 0 Å². The average Bonchev–Trinajstić information content (AvgIpc) is 2.99. The Morgan fingerprint density at radius 1 is 1.27 bits per heavy atom. The van der Waals surface area contributed by atoms with E-state index in [-0.39, 0.29) is 11.9 Å². The summed E-state index contributed by atoms with van der Waals surface area (Å²) in [7, 11) is 1.72. The second-order valence-corrected chi connectivity index (χ2v) is 6.35. The number of piperazine rings is 1. The summed E-state index contributed by atoms with van der Waals surface area (Å²) in [6.45, 7) is 4.38. The lowest BCUT2D eigenvalue weighted by Gasteiger charge is -2.39. The number of nitrogen functional groups attached to an aromatic ring is 1. The lowest BCUT2D eigenvalue weighted by Crippen LogP contribution is -2.56. The van der Waals surface area contributed by atoms with Gasteiger partial charge in [-0.3, -0.25) is 19.1 Å². The molecule has 2 aromatic rings. The van der Waals surface area contributed by atoms with Gasteiger partial charge in [0.15, 0.2) is 0 Å². The van der Waals surface area contributed by atoms with E-state index in [1.165, 1.54) is 18.0 Å². The smallest absolute Gasteiger partial charge is 0.313 e. The summed E-state index contributed by atoms with van der Waals surface area (Å²) in [6, 6.07) is -0.138. The monoisotopic (exact) mass is 359 g/mol. The van der Waals surface area contributed by atoms with Gasteiger partial charge in [0.05, 0.1) is 18.1 Å². The summed E-state index contributed by atoms with van der Waals surface area (Å²) in [5.41, 5.74) is 6.79. The molecule has 3 rings (SSSR count). The van der Waals surface area contributed by atoms with Gasteiger partial charge in [-0.25, -0.2) is 4.98 Å². The molecule has 0 bridgehead atoms. The van der Waals surface area contributed by atoms with Crippen LogP contribution in [0.5, 0.6) is 0 Å². The molecule has 1 saturated heterocycles. The van der Waals surface area contributed by atoms with E-state index in [0.717, 1.165) is 0 Å². The minimum atomic E-state index is -0.759. The standard InChI is InChI=1S/C16H21N7O3/c1-9-8-22(4-5-23(9)10(2)24)16(26)15(25)20-12-7-18-14(17)13-11(12)6-19-21(13)3/h6-7,9H,4-5,8H2,1-3H3,(H2,17,18)(H,20,25). The Labute approximate surface area is 149 Å². The molecule has 1 aliphatic heterocycles. The number of amides is 3. The second-order valence-electron chi connectivity index (χ2n) is 6.35. The van der Waals surface area contributed by atoms with E-state index in [2.05, 4.69) is 15.4 Å². The van der Waals surface area contributed by atoms with Crippen LogP contribution >= 0.6 is 0 Å². The molecule has 0 saturated carbocycles. The molecule has 0 radical (unpaired) electrons. The topological polar surface area (TPSA) is 126 Å². The van der Waals surface area contributed by atoms with Crippen molar-refractivity contribution in [3.8, 4) is 0 Å². The van der Waals surface area contributed by atoms with E-state index in [4.69, 9.17) is 5.73 Å². The Bertz CT molecular complexity index is 891. The maximum absolute atomic E-state index is 12.5. The summed E-state index contributed by atoms with van der Waals surface area (Å²) in [6.07, 6.45) is 2.96. The molecule has 3 amide bonds. The number of nitrogens with two attached hydrogens (primary N) is 1. The second kappa shape index (κ2) is 6.62. The SMILES string of the molecule is CC(=O)N1CCN(C(=O)C(=O)Nc2cnc(N)c3c2cnn3C)CC1C. The number of pyridine rings is 1. The minimum Gasteiger partial charge on any atom is -0.382 e. The maximum Gasteiger partial charge on any atom is 0.313 e. The number of nitrogens with one attached hydrogen (secondary N) is 1. The van der Waals surface area contributed by atoms with Gasteiger partial charge in [0.2, 0.25) is 5.91 Å². The van der Waals surface area contributed by atoms with Crippen LogP contribution in [0.4, 0.5) is 11.5 Å². The predicted molar refractivity (Wildman–Crippen MR) is 95.0 cm³/mol. The van der Waals surface area contributed by atoms with Crippen LogP contribution in [-0.4, -0.2) is 68.0 Å². The average molecular weight is 359 g/mol. The molecule has 2 aromatic heterocycles. The number of anilines is 2. The van der Waals surface area contributed by atoms with Crippen LogP contribution in [-0.2, 0) is 21.4 Å². The van der Waals surface area contributed by atoms with E-state index >= 15 is 0 Å². The van der Waals surface area contributed by atoms with Crippen molar-refractivity contribution in [2.24, 2.45) is 7.05 Å². The van der Waals surface area contributed by atoms with E-state index in [1.807, 2.05) is 6.92 Å². The molecule has 3 N–H and O–H groups in total. The third kappa shape index (κ3) is 3.05. The van der Waals surface area contributed by atoms with Crippen LogP contribution in [0.2, 0.25) is 0 Å². The zero-order chi connectivity index (χ0) is 19.0. The Kier molecular flexibility index (Phi) is 4.49. The lowest BCUT2D eigenvalue weighted by atomic mass is 10.2. The number of fused-ring (bicyclic) bond motifs is 1. The fourth-order valence-corrected chi connectivity index (χ4v) is 3.23. The molecule has 1 aliphatic rings. The van der Waals surface area contributed by atoms with E-state index in [0.29, 0.717) is 42.0 Å². The molecule has 3 heterocycles. The molecule has 138 valence electrons. The number of carbonyl (C=O) groups is 3. The Morgan fingerprint density at radius 2 is 2.00 bits per heavy atom. The van der Waals surface area contributed by atoms with Crippen molar-refractivity contribution in [2.45, 2.75) is 19.9 Å². The molecule has 1 fully saturated rings. The predicted octanol–water partition coefficient (Wildman–Crippen LogP) is -0.432. The van der Waals surface area contributed by atoms with Crippen molar-refractivity contribution in [3.63, 3.8) is 0 Å². The molecular formula is C16H21N7O3. The van der Waals surface area contributed by atoms with Crippen molar-refractivity contribution in [3.05, 3.63) is 12.4 Å². The molecule has 10 nitrogen and oxygen atoms in total. The first-order valence-electron chi connectivity index (χ1n) is 8.23.